The van der Waals surface area contributed by atoms with Crippen molar-refractivity contribution in [2.24, 2.45) is 0 Å². The molecule has 0 saturated heterocycles. The van der Waals surface area contributed by atoms with Crippen molar-refractivity contribution in [3.05, 3.63) is 23.4 Å². The van der Waals surface area contributed by atoms with Crippen molar-refractivity contribution in [1.29, 1.82) is 0 Å². The average Bonchev–Trinajstić information content (AvgIpc) is 2.36. The molecular formula is C12H17N3O3. The van der Waals surface area contributed by atoms with Crippen molar-refractivity contribution in [3.8, 4) is 0 Å². The highest BCUT2D eigenvalue weighted by atomic mass is 16.4. The summed E-state index contributed by atoms with van der Waals surface area (Å²) in [5.74, 6) is -0.804. The van der Waals surface area contributed by atoms with Crippen LogP contribution in [0.15, 0.2) is 12.1 Å². The van der Waals surface area contributed by atoms with Crippen LogP contribution in [-0.4, -0.2) is 35.1 Å². The van der Waals surface area contributed by atoms with Crippen LogP contribution in [0, 0.1) is 0 Å². The number of rotatable bonds is 5. The van der Waals surface area contributed by atoms with Gasteiger partial charge in [-0.2, -0.15) is 0 Å². The molecule has 0 aliphatic rings. The molecule has 0 fully saturated rings. The van der Waals surface area contributed by atoms with E-state index >= 15 is 0 Å². The van der Waals surface area contributed by atoms with Crippen molar-refractivity contribution < 1.29 is 14.7 Å². The van der Waals surface area contributed by atoms with Crippen LogP contribution >= 0.6 is 0 Å². The van der Waals surface area contributed by atoms with Gasteiger partial charge in [-0.05, 0) is 25.5 Å². The second-order valence-corrected chi connectivity index (χ2v) is 3.87. The molecule has 0 aliphatic carbocycles. The van der Waals surface area contributed by atoms with E-state index in [4.69, 9.17) is 5.11 Å². The van der Waals surface area contributed by atoms with E-state index < -0.39 is 12.0 Å². The number of hydrogen-bond acceptors (Lipinski definition) is 4. The number of hydrogen-bond donors (Lipinski definition) is 3. The fourth-order valence-electron chi connectivity index (χ4n) is 1.47. The Hall–Kier alpha value is -2.11. The topological polar surface area (TPSA) is 91.3 Å². The number of carbonyl (C=O) groups is 2. The number of aryl methyl sites for hydroxylation is 1. The molecule has 98 valence electrons. The van der Waals surface area contributed by atoms with E-state index in [1.165, 1.54) is 12.1 Å². The summed E-state index contributed by atoms with van der Waals surface area (Å²) in [5, 5.41) is 14.4. The highest BCUT2D eigenvalue weighted by molar-refractivity contribution is 5.89. The van der Waals surface area contributed by atoms with Gasteiger partial charge >= 0.3 is 5.97 Å². The van der Waals surface area contributed by atoms with E-state index in [1.807, 2.05) is 6.92 Å². The van der Waals surface area contributed by atoms with Gasteiger partial charge in [-0.25, -0.2) is 9.78 Å². The molecular weight excluding hydrogens is 234 g/mol. The van der Waals surface area contributed by atoms with E-state index in [1.54, 1.807) is 14.0 Å². The minimum atomic E-state index is -1.01. The monoisotopic (exact) mass is 251 g/mol. The van der Waals surface area contributed by atoms with Gasteiger partial charge in [0, 0.05) is 12.7 Å². The predicted octanol–water partition coefficient (Wildman–Crippen LogP) is 0.889. The zero-order valence-corrected chi connectivity index (χ0v) is 10.7. The molecule has 0 radical (unpaired) electrons. The van der Waals surface area contributed by atoms with Gasteiger partial charge in [0.25, 0.3) is 0 Å². The summed E-state index contributed by atoms with van der Waals surface area (Å²) >= 11 is 0. The lowest BCUT2D eigenvalue weighted by atomic mass is 10.2. The number of nitrogens with zero attached hydrogens (tertiary/aromatic N) is 1. The molecule has 6 nitrogen and oxygen atoms in total. The van der Waals surface area contributed by atoms with Gasteiger partial charge < -0.3 is 15.7 Å². The van der Waals surface area contributed by atoms with Crippen molar-refractivity contribution >= 4 is 17.7 Å². The number of aromatic nitrogens is 1. The summed E-state index contributed by atoms with van der Waals surface area (Å²) in [6, 6.07) is 2.47. The number of carbonyl (C=O) groups excluding carboxylic acids is 1. The maximum absolute atomic E-state index is 11.4. The summed E-state index contributed by atoms with van der Waals surface area (Å²) < 4.78 is 0. The smallest absolute Gasteiger partial charge is 0.335 e. The Morgan fingerprint density at radius 3 is 2.61 bits per heavy atom. The molecule has 0 spiro atoms. The second-order valence-electron chi connectivity index (χ2n) is 3.87. The Morgan fingerprint density at radius 2 is 2.11 bits per heavy atom. The Labute approximate surface area is 105 Å². The molecule has 6 heteroatoms. The van der Waals surface area contributed by atoms with Crippen LogP contribution in [0.2, 0.25) is 0 Å². The number of carboxylic acids is 1. The standard InChI is InChI=1S/C12H17N3O3/c1-4-9-5-8(12(17)18)6-10(15-9)14-7(2)11(16)13-3/h5-7H,4H2,1-3H3,(H,13,16)(H,14,15)(H,17,18). The van der Waals surface area contributed by atoms with Crippen LogP contribution in [0.4, 0.5) is 5.82 Å². The van der Waals surface area contributed by atoms with E-state index in [9.17, 15) is 9.59 Å². The van der Waals surface area contributed by atoms with Crippen LogP contribution in [0.3, 0.4) is 0 Å². The molecule has 0 aliphatic heterocycles. The Morgan fingerprint density at radius 1 is 1.44 bits per heavy atom. The SMILES string of the molecule is CCc1cc(C(=O)O)cc(NC(C)C(=O)NC)n1. The number of aromatic carboxylic acids is 1. The molecule has 1 amide bonds. The first kappa shape index (κ1) is 14.0. The number of likely N-dealkylation sites (N-methyl/N-ethyl adjacent to an activating group) is 1. The molecule has 0 bridgehead atoms. The van der Waals surface area contributed by atoms with Crippen LogP contribution in [-0.2, 0) is 11.2 Å². The third-order valence-corrected chi connectivity index (χ3v) is 2.49. The lowest BCUT2D eigenvalue weighted by Crippen LogP contribution is -2.35. The largest absolute Gasteiger partial charge is 0.478 e. The maximum atomic E-state index is 11.4. The van der Waals surface area contributed by atoms with E-state index in [0.717, 1.165) is 0 Å². The number of amides is 1. The molecule has 0 aromatic carbocycles. The van der Waals surface area contributed by atoms with Gasteiger partial charge in [0.05, 0.1) is 5.56 Å². The summed E-state index contributed by atoms with van der Waals surface area (Å²) in [4.78, 5) is 26.6. The Bertz CT molecular complexity index is 460. The lowest BCUT2D eigenvalue weighted by Gasteiger charge is -2.14. The quantitative estimate of drug-likeness (QED) is 0.723. The van der Waals surface area contributed by atoms with Crippen molar-refractivity contribution in [2.45, 2.75) is 26.3 Å². The van der Waals surface area contributed by atoms with Crippen molar-refractivity contribution in [2.75, 3.05) is 12.4 Å². The van der Waals surface area contributed by atoms with E-state index in [-0.39, 0.29) is 11.5 Å². The van der Waals surface area contributed by atoms with Gasteiger partial charge in [-0.1, -0.05) is 6.92 Å². The third kappa shape index (κ3) is 3.44. The minimum absolute atomic E-state index is 0.161. The minimum Gasteiger partial charge on any atom is -0.478 e. The summed E-state index contributed by atoms with van der Waals surface area (Å²) in [6.45, 7) is 3.57. The predicted molar refractivity (Wildman–Crippen MR) is 67.7 cm³/mol. The van der Waals surface area contributed by atoms with Gasteiger partial charge in [-0.15, -0.1) is 0 Å². The van der Waals surface area contributed by atoms with E-state index in [2.05, 4.69) is 15.6 Å². The van der Waals surface area contributed by atoms with Gasteiger partial charge in [-0.3, -0.25) is 4.79 Å². The first-order valence-electron chi connectivity index (χ1n) is 5.70. The second kappa shape index (κ2) is 6.00. The molecule has 18 heavy (non-hydrogen) atoms. The molecule has 1 unspecified atom stereocenters. The molecule has 1 aromatic rings. The van der Waals surface area contributed by atoms with Gasteiger partial charge in [0.2, 0.25) is 5.91 Å². The highest BCUT2D eigenvalue weighted by Gasteiger charge is 2.13. The van der Waals surface area contributed by atoms with Gasteiger partial charge in [0.15, 0.2) is 0 Å². The first-order valence-corrected chi connectivity index (χ1v) is 5.70. The lowest BCUT2D eigenvalue weighted by molar-refractivity contribution is -0.121. The van der Waals surface area contributed by atoms with Crippen molar-refractivity contribution in [3.63, 3.8) is 0 Å². The Balaban J connectivity index is 2.98. The van der Waals surface area contributed by atoms with Crippen LogP contribution in [0.5, 0.6) is 0 Å². The van der Waals surface area contributed by atoms with Gasteiger partial charge in [0.1, 0.15) is 11.9 Å². The Kier molecular flexibility index (Phi) is 4.65. The molecule has 1 heterocycles. The van der Waals surface area contributed by atoms with Crippen LogP contribution in [0.25, 0.3) is 0 Å². The fourth-order valence-corrected chi connectivity index (χ4v) is 1.47. The fraction of sp³-hybridized carbons (Fsp3) is 0.417. The maximum Gasteiger partial charge on any atom is 0.335 e. The molecule has 1 aromatic heterocycles. The van der Waals surface area contributed by atoms with Crippen LogP contribution < -0.4 is 10.6 Å². The number of anilines is 1. The average molecular weight is 251 g/mol. The number of carboxylic acid groups (broad SMARTS) is 1. The normalized spacial score (nSPS) is 11.7. The first-order chi connectivity index (χ1) is 8.47. The van der Waals surface area contributed by atoms with Crippen LogP contribution in [0.1, 0.15) is 29.9 Å². The molecule has 0 saturated carbocycles. The molecule has 1 rings (SSSR count). The van der Waals surface area contributed by atoms with E-state index in [0.29, 0.717) is 17.9 Å². The highest BCUT2D eigenvalue weighted by Crippen LogP contribution is 2.12. The third-order valence-electron chi connectivity index (χ3n) is 2.49. The zero-order valence-electron chi connectivity index (χ0n) is 10.7. The summed E-state index contributed by atoms with van der Waals surface area (Å²) in [5.41, 5.74) is 0.829. The molecule has 3 N–H and O–H groups in total. The molecule has 1 atom stereocenters. The zero-order chi connectivity index (χ0) is 13.7. The number of nitrogens with one attached hydrogen (secondary N) is 2. The summed E-state index contributed by atoms with van der Waals surface area (Å²) in [7, 11) is 1.54. The van der Waals surface area contributed by atoms with Crippen molar-refractivity contribution in [1.82, 2.24) is 10.3 Å². The number of pyridine rings is 1. The summed E-state index contributed by atoms with van der Waals surface area (Å²) in [6.07, 6.45) is 0.629.